The zero-order valence-corrected chi connectivity index (χ0v) is 13.6. The molecule has 0 saturated carbocycles. The van der Waals surface area contributed by atoms with Gasteiger partial charge in [0.25, 0.3) is 5.91 Å². The Balaban J connectivity index is 1.98. The van der Waals surface area contributed by atoms with E-state index in [0.29, 0.717) is 16.6 Å². The van der Waals surface area contributed by atoms with Crippen LogP contribution in [0.25, 0.3) is 0 Å². The molecule has 21 heavy (non-hydrogen) atoms. The van der Waals surface area contributed by atoms with E-state index in [4.69, 9.17) is 0 Å². The van der Waals surface area contributed by atoms with Gasteiger partial charge in [-0.25, -0.2) is 4.98 Å². The fraction of sp³-hybridized carbons (Fsp3) is 0.357. The van der Waals surface area contributed by atoms with E-state index < -0.39 is 0 Å². The minimum Gasteiger partial charge on any atom is -0.329 e. The van der Waals surface area contributed by atoms with Crippen molar-refractivity contribution in [1.29, 1.82) is 0 Å². The Bertz CT molecular complexity index is 608. The lowest BCUT2D eigenvalue weighted by atomic mass is 10.3. The summed E-state index contributed by atoms with van der Waals surface area (Å²) in [5.41, 5.74) is 0.871. The number of thiazole rings is 1. The van der Waals surface area contributed by atoms with E-state index in [2.05, 4.69) is 10.3 Å². The number of aromatic nitrogens is 1. The first kappa shape index (κ1) is 15.7. The third-order valence-electron chi connectivity index (χ3n) is 2.71. The Morgan fingerprint density at radius 1 is 1.38 bits per heavy atom. The topological polar surface area (TPSA) is 62.3 Å². The van der Waals surface area contributed by atoms with Crippen molar-refractivity contribution in [1.82, 2.24) is 9.88 Å². The molecule has 2 aromatic heterocycles. The Morgan fingerprint density at radius 2 is 2.19 bits per heavy atom. The normalized spacial score (nSPS) is 10.4. The fourth-order valence-corrected chi connectivity index (χ4v) is 3.22. The van der Waals surface area contributed by atoms with Crippen LogP contribution in [-0.4, -0.2) is 34.8 Å². The number of rotatable bonds is 6. The van der Waals surface area contributed by atoms with E-state index in [1.807, 2.05) is 30.7 Å². The van der Waals surface area contributed by atoms with Crippen molar-refractivity contribution in [3.8, 4) is 0 Å². The smallest absolute Gasteiger partial charge is 0.264 e. The minimum absolute atomic E-state index is 0.0448. The Morgan fingerprint density at radius 3 is 2.76 bits per heavy atom. The van der Waals surface area contributed by atoms with Gasteiger partial charge in [0.1, 0.15) is 6.54 Å². The van der Waals surface area contributed by atoms with Crippen molar-refractivity contribution in [2.45, 2.75) is 20.3 Å². The molecule has 0 aromatic carbocycles. The lowest BCUT2D eigenvalue weighted by Crippen LogP contribution is -2.38. The van der Waals surface area contributed by atoms with Gasteiger partial charge in [-0.3, -0.25) is 9.59 Å². The van der Waals surface area contributed by atoms with Gasteiger partial charge in [0, 0.05) is 11.9 Å². The van der Waals surface area contributed by atoms with Crippen LogP contribution < -0.4 is 5.32 Å². The highest BCUT2D eigenvalue weighted by Gasteiger charge is 2.19. The number of anilines is 1. The Labute approximate surface area is 131 Å². The molecule has 2 amide bonds. The fourth-order valence-electron chi connectivity index (χ4n) is 1.82. The molecule has 0 fully saturated rings. The third kappa shape index (κ3) is 4.37. The summed E-state index contributed by atoms with van der Waals surface area (Å²) in [7, 11) is 0. The van der Waals surface area contributed by atoms with Gasteiger partial charge in [-0.15, -0.1) is 22.7 Å². The van der Waals surface area contributed by atoms with Crippen molar-refractivity contribution in [2.24, 2.45) is 0 Å². The molecule has 0 aliphatic rings. The van der Waals surface area contributed by atoms with Crippen LogP contribution in [0.3, 0.4) is 0 Å². The van der Waals surface area contributed by atoms with Gasteiger partial charge in [-0.1, -0.05) is 13.0 Å². The monoisotopic (exact) mass is 323 g/mol. The van der Waals surface area contributed by atoms with Crippen molar-refractivity contribution in [3.05, 3.63) is 33.5 Å². The van der Waals surface area contributed by atoms with Gasteiger partial charge >= 0.3 is 0 Å². The Kier molecular flexibility index (Phi) is 5.46. The van der Waals surface area contributed by atoms with Crippen LogP contribution in [0.15, 0.2) is 22.9 Å². The van der Waals surface area contributed by atoms with Crippen LogP contribution >= 0.6 is 22.7 Å². The predicted molar refractivity (Wildman–Crippen MR) is 86.0 cm³/mol. The molecule has 2 rings (SSSR count). The summed E-state index contributed by atoms with van der Waals surface area (Å²) in [6.45, 7) is 4.46. The number of amides is 2. The van der Waals surface area contributed by atoms with E-state index in [-0.39, 0.29) is 18.4 Å². The quantitative estimate of drug-likeness (QED) is 0.889. The number of carbonyl (C=O) groups excluding carboxylic acids is 2. The van der Waals surface area contributed by atoms with Crippen molar-refractivity contribution < 1.29 is 9.59 Å². The number of aryl methyl sites for hydroxylation is 1. The zero-order chi connectivity index (χ0) is 15.2. The average Bonchev–Trinajstić information content (AvgIpc) is 3.09. The molecule has 0 bridgehead atoms. The number of nitrogens with zero attached hydrogens (tertiary/aromatic N) is 2. The summed E-state index contributed by atoms with van der Waals surface area (Å²) >= 11 is 2.77. The second-order valence-corrected chi connectivity index (χ2v) is 6.35. The van der Waals surface area contributed by atoms with Gasteiger partial charge in [0.15, 0.2) is 5.13 Å². The average molecular weight is 323 g/mol. The number of nitrogens with one attached hydrogen (secondary N) is 1. The van der Waals surface area contributed by atoms with E-state index in [1.54, 1.807) is 11.0 Å². The maximum absolute atomic E-state index is 12.3. The molecular formula is C14H17N3O2S2. The summed E-state index contributed by atoms with van der Waals surface area (Å²) < 4.78 is 0. The highest BCUT2D eigenvalue weighted by molar-refractivity contribution is 7.14. The third-order valence-corrected chi connectivity index (χ3v) is 4.45. The van der Waals surface area contributed by atoms with E-state index >= 15 is 0 Å². The van der Waals surface area contributed by atoms with Crippen LogP contribution in [0.4, 0.5) is 5.13 Å². The molecule has 7 heteroatoms. The minimum atomic E-state index is -0.220. The number of thiophene rings is 1. The van der Waals surface area contributed by atoms with Crippen LogP contribution in [0.2, 0.25) is 0 Å². The van der Waals surface area contributed by atoms with Crippen LogP contribution in [0.5, 0.6) is 0 Å². The molecule has 112 valence electrons. The maximum atomic E-state index is 12.3. The summed E-state index contributed by atoms with van der Waals surface area (Å²) in [6.07, 6.45) is 0.806. The summed E-state index contributed by atoms with van der Waals surface area (Å²) in [5.74, 6) is -0.319. The molecule has 0 atom stereocenters. The van der Waals surface area contributed by atoms with Gasteiger partial charge in [0.2, 0.25) is 5.91 Å². The largest absolute Gasteiger partial charge is 0.329 e. The summed E-state index contributed by atoms with van der Waals surface area (Å²) in [5, 5.41) is 7.03. The molecule has 0 aliphatic heterocycles. The number of hydrogen-bond acceptors (Lipinski definition) is 5. The lowest BCUT2D eigenvalue weighted by molar-refractivity contribution is -0.116. The molecule has 1 N–H and O–H groups in total. The van der Waals surface area contributed by atoms with Crippen molar-refractivity contribution >= 4 is 39.6 Å². The number of carbonyl (C=O) groups is 2. The molecular weight excluding hydrogens is 306 g/mol. The first-order chi connectivity index (χ1) is 10.1. The standard InChI is InChI=1S/C14H17N3O2S2/c1-3-6-17(13(19)11-5-4-7-20-11)8-12(18)16-14-15-10(2)9-21-14/h4-5,7,9H,3,6,8H2,1-2H3,(H,15,16,18). The molecule has 0 radical (unpaired) electrons. The second-order valence-electron chi connectivity index (χ2n) is 4.55. The van der Waals surface area contributed by atoms with Crippen molar-refractivity contribution in [2.75, 3.05) is 18.4 Å². The predicted octanol–water partition coefficient (Wildman–Crippen LogP) is 3.00. The number of hydrogen-bond donors (Lipinski definition) is 1. The second kappa shape index (κ2) is 7.33. The molecule has 5 nitrogen and oxygen atoms in total. The van der Waals surface area contributed by atoms with Gasteiger partial charge < -0.3 is 10.2 Å². The SMILES string of the molecule is CCCN(CC(=O)Nc1nc(C)cs1)C(=O)c1cccs1. The van der Waals surface area contributed by atoms with Crippen LogP contribution in [0, 0.1) is 6.92 Å². The highest BCUT2D eigenvalue weighted by atomic mass is 32.1. The molecule has 0 spiro atoms. The highest BCUT2D eigenvalue weighted by Crippen LogP contribution is 2.15. The van der Waals surface area contributed by atoms with E-state index in [0.717, 1.165) is 12.1 Å². The first-order valence-corrected chi connectivity index (χ1v) is 8.41. The molecule has 2 aromatic rings. The zero-order valence-electron chi connectivity index (χ0n) is 12.0. The maximum Gasteiger partial charge on any atom is 0.264 e. The first-order valence-electron chi connectivity index (χ1n) is 6.65. The van der Waals surface area contributed by atoms with Crippen LogP contribution in [-0.2, 0) is 4.79 Å². The van der Waals surface area contributed by atoms with Gasteiger partial charge in [-0.2, -0.15) is 0 Å². The Hall–Kier alpha value is -1.73. The summed E-state index contributed by atoms with van der Waals surface area (Å²) in [4.78, 5) is 30.8. The molecule has 0 aliphatic carbocycles. The van der Waals surface area contributed by atoms with E-state index in [9.17, 15) is 9.59 Å². The summed E-state index contributed by atoms with van der Waals surface area (Å²) in [6, 6.07) is 3.61. The van der Waals surface area contributed by atoms with Gasteiger partial charge in [0.05, 0.1) is 10.6 Å². The van der Waals surface area contributed by atoms with Gasteiger partial charge in [-0.05, 0) is 24.8 Å². The molecule has 0 saturated heterocycles. The van der Waals surface area contributed by atoms with Crippen LogP contribution in [0.1, 0.15) is 28.7 Å². The molecule has 0 unspecified atom stereocenters. The van der Waals surface area contributed by atoms with Crippen molar-refractivity contribution in [3.63, 3.8) is 0 Å². The molecule has 2 heterocycles. The van der Waals surface area contributed by atoms with E-state index in [1.165, 1.54) is 22.7 Å². The lowest BCUT2D eigenvalue weighted by Gasteiger charge is -2.20.